The second-order valence-corrected chi connectivity index (χ2v) is 7.79. The van der Waals surface area contributed by atoms with Crippen molar-refractivity contribution in [2.75, 3.05) is 30.0 Å². The van der Waals surface area contributed by atoms with Crippen LogP contribution in [0.25, 0.3) is 0 Å². The fourth-order valence-electron chi connectivity index (χ4n) is 3.88. The van der Waals surface area contributed by atoms with Crippen LogP contribution in [0.5, 0.6) is 11.5 Å². The number of fused-ring (bicyclic) bond motifs is 1. The molecule has 1 N–H and O–H groups in total. The lowest BCUT2D eigenvalue weighted by Crippen LogP contribution is -2.28. The van der Waals surface area contributed by atoms with E-state index >= 15 is 0 Å². The van der Waals surface area contributed by atoms with Gasteiger partial charge in [-0.3, -0.25) is 9.59 Å². The van der Waals surface area contributed by atoms with Gasteiger partial charge < -0.3 is 19.7 Å². The van der Waals surface area contributed by atoms with Crippen molar-refractivity contribution in [1.82, 2.24) is 0 Å². The van der Waals surface area contributed by atoms with Gasteiger partial charge in [0.25, 0.3) is 5.91 Å². The first-order chi connectivity index (χ1) is 16.2. The van der Waals surface area contributed by atoms with Gasteiger partial charge in [-0.2, -0.15) is 0 Å². The number of ether oxygens (including phenoxy) is 2. The highest BCUT2D eigenvalue weighted by molar-refractivity contribution is 6.07. The number of para-hydroxylation sites is 3. The summed E-state index contributed by atoms with van der Waals surface area (Å²) in [5.41, 5.74) is 3.44. The standard InChI is InChI=1S/C27H28N2O4/c1-2-32-24-10-5-6-11-25(24)33-19-7-12-26(30)28-22-15-13-21(14-16-22)27(31)29-18-17-20-8-3-4-9-23(20)29/h3-6,8-11,13-16H,2,7,12,17-19H2,1H3,(H,28,30). The predicted octanol–water partition coefficient (Wildman–Crippen LogP) is 5.09. The van der Waals surface area contributed by atoms with Gasteiger partial charge in [-0.1, -0.05) is 30.3 Å². The van der Waals surface area contributed by atoms with Crippen LogP contribution in [-0.2, 0) is 11.2 Å². The maximum Gasteiger partial charge on any atom is 0.258 e. The number of benzene rings is 3. The minimum Gasteiger partial charge on any atom is -0.490 e. The van der Waals surface area contributed by atoms with Crippen LogP contribution in [-0.4, -0.2) is 31.6 Å². The molecule has 0 aromatic heterocycles. The Morgan fingerprint density at radius 2 is 1.61 bits per heavy atom. The number of carbonyl (C=O) groups is 2. The van der Waals surface area contributed by atoms with E-state index in [0.717, 1.165) is 12.1 Å². The largest absolute Gasteiger partial charge is 0.490 e. The topological polar surface area (TPSA) is 67.9 Å². The lowest BCUT2D eigenvalue weighted by Gasteiger charge is -2.17. The molecule has 0 saturated heterocycles. The summed E-state index contributed by atoms with van der Waals surface area (Å²) in [5, 5.41) is 2.88. The first kappa shape index (κ1) is 22.4. The van der Waals surface area contributed by atoms with E-state index in [9.17, 15) is 9.59 Å². The van der Waals surface area contributed by atoms with Gasteiger partial charge in [0, 0.05) is 29.9 Å². The molecular formula is C27H28N2O4. The molecule has 170 valence electrons. The van der Waals surface area contributed by atoms with E-state index in [0.29, 0.717) is 55.4 Å². The summed E-state index contributed by atoms with van der Waals surface area (Å²) in [5.74, 6) is 1.27. The van der Waals surface area contributed by atoms with Crippen molar-refractivity contribution >= 4 is 23.2 Å². The van der Waals surface area contributed by atoms with Gasteiger partial charge >= 0.3 is 0 Å². The summed E-state index contributed by atoms with van der Waals surface area (Å²) in [6.45, 7) is 3.60. The van der Waals surface area contributed by atoms with Crippen LogP contribution in [0.3, 0.4) is 0 Å². The Morgan fingerprint density at radius 3 is 2.36 bits per heavy atom. The summed E-state index contributed by atoms with van der Waals surface area (Å²) < 4.78 is 11.3. The summed E-state index contributed by atoms with van der Waals surface area (Å²) in [6.07, 6.45) is 1.79. The van der Waals surface area contributed by atoms with Crippen molar-refractivity contribution in [2.45, 2.75) is 26.2 Å². The number of rotatable bonds is 9. The lowest BCUT2D eigenvalue weighted by atomic mass is 10.1. The number of hydrogen-bond donors (Lipinski definition) is 1. The minimum absolute atomic E-state index is 0.0256. The highest BCUT2D eigenvalue weighted by Crippen LogP contribution is 2.29. The third kappa shape index (κ3) is 5.52. The van der Waals surface area contributed by atoms with Crippen molar-refractivity contribution in [2.24, 2.45) is 0 Å². The lowest BCUT2D eigenvalue weighted by molar-refractivity contribution is -0.116. The number of amides is 2. The molecule has 0 fully saturated rings. The van der Waals surface area contributed by atoms with Crippen LogP contribution >= 0.6 is 0 Å². The Balaban J connectivity index is 1.25. The first-order valence-electron chi connectivity index (χ1n) is 11.3. The molecule has 2 amide bonds. The zero-order valence-corrected chi connectivity index (χ0v) is 18.8. The van der Waals surface area contributed by atoms with Crippen LogP contribution in [0.2, 0.25) is 0 Å². The normalized spacial score (nSPS) is 12.2. The van der Waals surface area contributed by atoms with Gasteiger partial charge in [0.1, 0.15) is 0 Å². The molecule has 0 radical (unpaired) electrons. The van der Waals surface area contributed by atoms with Crippen molar-refractivity contribution in [3.05, 3.63) is 83.9 Å². The van der Waals surface area contributed by atoms with E-state index in [-0.39, 0.29) is 11.8 Å². The molecule has 0 bridgehead atoms. The number of nitrogens with one attached hydrogen (secondary N) is 1. The monoisotopic (exact) mass is 444 g/mol. The molecular weight excluding hydrogens is 416 g/mol. The third-order valence-electron chi connectivity index (χ3n) is 5.50. The highest BCUT2D eigenvalue weighted by Gasteiger charge is 2.25. The predicted molar refractivity (Wildman–Crippen MR) is 129 cm³/mol. The molecule has 3 aromatic rings. The van der Waals surface area contributed by atoms with E-state index in [4.69, 9.17) is 9.47 Å². The number of hydrogen-bond acceptors (Lipinski definition) is 4. The molecule has 1 heterocycles. The molecule has 0 aliphatic carbocycles. The van der Waals surface area contributed by atoms with E-state index in [1.165, 1.54) is 5.56 Å². The van der Waals surface area contributed by atoms with Gasteiger partial charge in [-0.15, -0.1) is 0 Å². The van der Waals surface area contributed by atoms with E-state index in [1.807, 2.05) is 54.3 Å². The van der Waals surface area contributed by atoms with Gasteiger partial charge in [-0.05, 0) is 67.8 Å². The fourth-order valence-corrected chi connectivity index (χ4v) is 3.88. The van der Waals surface area contributed by atoms with Crippen molar-refractivity contribution < 1.29 is 19.1 Å². The molecule has 0 spiro atoms. The van der Waals surface area contributed by atoms with Crippen molar-refractivity contribution in [1.29, 1.82) is 0 Å². The zero-order valence-electron chi connectivity index (χ0n) is 18.8. The molecule has 0 atom stereocenters. The molecule has 6 nitrogen and oxygen atoms in total. The highest BCUT2D eigenvalue weighted by atomic mass is 16.5. The average Bonchev–Trinajstić information content (AvgIpc) is 3.27. The molecule has 6 heteroatoms. The molecule has 1 aliphatic heterocycles. The Morgan fingerprint density at radius 1 is 0.909 bits per heavy atom. The molecule has 0 unspecified atom stereocenters. The summed E-state index contributed by atoms with van der Waals surface area (Å²) in [7, 11) is 0. The van der Waals surface area contributed by atoms with Gasteiger partial charge in [0.15, 0.2) is 11.5 Å². The summed E-state index contributed by atoms with van der Waals surface area (Å²) >= 11 is 0. The molecule has 3 aromatic carbocycles. The van der Waals surface area contributed by atoms with E-state index in [1.54, 1.807) is 24.3 Å². The molecule has 1 aliphatic rings. The van der Waals surface area contributed by atoms with Crippen molar-refractivity contribution in [3.63, 3.8) is 0 Å². The number of carbonyl (C=O) groups excluding carboxylic acids is 2. The van der Waals surface area contributed by atoms with Crippen LogP contribution < -0.4 is 19.7 Å². The van der Waals surface area contributed by atoms with E-state index in [2.05, 4.69) is 11.4 Å². The van der Waals surface area contributed by atoms with Gasteiger partial charge in [0.05, 0.1) is 13.2 Å². The second-order valence-electron chi connectivity index (χ2n) is 7.79. The molecule has 4 rings (SSSR count). The Hall–Kier alpha value is -3.80. The van der Waals surface area contributed by atoms with E-state index < -0.39 is 0 Å². The van der Waals surface area contributed by atoms with Crippen LogP contribution in [0, 0.1) is 0 Å². The summed E-state index contributed by atoms with van der Waals surface area (Å²) in [4.78, 5) is 27.0. The third-order valence-corrected chi connectivity index (χ3v) is 5.50. The molecule has 33 heavy (non-hydrogen) atoms. The quantitative estimate of drug-likeness (QED) is 0.467. The zero-order chi connectivity index (χ0) is 23.0. The molecule has 0 saturated carbocycles. The van der Waals surface area contributed by atoms with Crippen LogP contribution in [0.4, 0.5) is 11.4 Å². The average molecular weight is 445 g/mol. The second kappa shape index (κ2) is 10.7. The fraction of sp³-hybridized carbons (Fsp3) is 0.259. The Labute approximate surface area is 194 Å². The number of anilines is 2. The van der Waals surface area contributed by atoms with Crippen molar-refractivity contribution in [3.8, 4) is 11.5 Å². The van der Waals surface area contributed by atoms with Crippen LogP contribution in [0.15, 0.2) is 72.8 Å². The minimum atomic E-state index is -0.0933. The Kier molecular flexibility index (Phi) is 7.25. The first-order valence-corrected chi connectivity index (χ1v) is 11.3. The number of nitrogens with zero attached hydrogens (tertiary/aromatic N) is 1. The SMILES string of the molecule is CCOc1ccccc1OCCCC(=O)Nc1ccc(C(=O)N2CCc3ccccc32)cc1. The van der Waals surface area contributed by atoms with Gasteiger partial charge in [0.2, 0.25) is 5.91 Å². The van der Waals surface area contributed by atoms with Gasteiger partial charge in [-0.25, -0.2) is 0 Å². The maximum atomic E-state index is 12.9. The van der Waals surface area contributed by atoms with Crippen LogP contribution in [0.1, 0.15) is 35.7 Å². The summed E-state index contributed by atoms with van der Waals surface area (Å²) in [6, 6.07) is 22.5. The smallest absolute Gasteiger partial charge is 0.258 e. The Bertz CT molecular complexity index is 1110. The maximum absolute atomic E-state index is 12.9.